The van der Waals surface area contributed by atoms with Crippen molar-refractivity contribution < 1.29 is 19.4 Å². The van der Waals surface area contributed by atoms with E-state index in [0.717, 1.165) is 109 Å². The van der Waals surface area contributed by atoms with Crippen LogP contribution in [-0.4, -0.2) is 75.1 Å². The molecule has 0 saturated carbocycles. The molecule has 7 rings (SSSR count). The number of benzene rings is 3. The van der Waals surface area contributed by atoms with Gasteiger partial charge >= 0.3 is 6.09 Å². The van der Waals surface area contributed by atoms with Gasteiger partial charge in [0.25, 0.3) is 5.91 Å². The third-order valence-corrected chi connectivity index (χ3v) is 12.4. The summed E-state index contributed by atoms with van der Waals surface area (Å²) in [5.41, 5.74) is 8.82. The molecule has 1 aliphatic carbocycles. The van der Waals surface area contributed by atoms with Crippen molar-refractivity contribution in [3.63, 3.8) is 0 Å². The summed E-state index contributed by atoms with van der Waals surface area (Å²) >= 11 is 0. The van der Waals surface area contributed by atoms with Gasteiger partial charge in [-0.3, -0.25) is 14.7 Å². The van der Waals surface area contributed by atoms with Gasteiger partial charge in [-0.15, -0.1) is 0 Å². The van der Waals surface area contributed by atoms with Crippen molar-refractivity contribution in [3.8, 4) is 22.8 Å². The van der Waals surface area contributed by atoms with Gasteiger partial charge in [0.2, 0.25) is 0 Å². The smallest absolute Gasteiger partial charge is 0.426 e. The number of hydrogen-bond donors (Lipinski definition) is 1. The van der Waals surface area contributed by atoms with E-state index in [1.807, 2.05) is 62.4 Å². The maximum absolute atomic E-state index is 15.0. The average Bonchev–Trinajstić information content (AvgIpc) is 3.26. The number of carbonyl (C=O) groups excluding carboxylic acids is 2. The number of unbranched alkanes of at least 4 members (excludes halogenated alkanes) is 2. The number of piperazine rings is 1. The summed E-state index contributed by atoms with van der Waals surface area (Å²) in [7, 11) is 2.14. The lowest BCUT2D eigenvalue weighted by Crippen LogP contribution is -2.43. The van der Waals surface area contributed by atoms with E-state index in [1.165, 1.54) is 5.57 Å². The lowest BCUT2D eigenvalue weighted by atomic mass is 9.73. The van der Waals surface area contributed by atoms with E-state index in [9.17, 15) is 14.7 Å². The van der Waals surface area contributed by atoms with Crippen LogP contribution in [0.4, 0.5) is 10.5 Å². The Bertz CT molecular complexity index is 2400. The molecule has 10 heteroatoms. The number of pyridine rings is 1. The first-order chi connectivity index (χ1) is 30.0. The highest BCUT2D eigenvalue weighted by atomic mass is 16.6. The summed E-state index contributed by atoms with van der Waals surface area (Å²) in [4.78, 5) is 49.3. The Morgan fingerprint density at radius 2 is 1.74 bits per heavy atom. The minimum atomic E-state index is -0.865. The molecule has 3 aromatic carbocycles. The van der Waals surface area contributed by atoms with Gasteiger partial charge < -0.3 is 14.7 Å². The number of aromatic hydroxyl groups is 1. The number of imide groups is 1. The van der Waals surface area contributed by atoms with Gasteiger partial charge in [0.1, 0.15) is 17.3 Å². The first-order valence-electron chi connectivity index (χ1n) is 22.0. The predicted octanol–water partition coefficient (Wildman–Crippen LogP) is 10.5. The average molecular weight is 833 g/mol. The first-order valence-corrected chi connectivity index (χ1v) is 22.0. The third kappa shape index (κ3) is 10.7. The molecule has 2 aliphatic rings. The molecule has 322 valence electrons. The molecule has 10 nitrogen and oxygen atoms in total. The van der Waals surface area contributed by atoms with Crippen LogP contribution in [0, 0.1) is 12.8 Å². The topological polar surface area (TPSA) is 112 Å². The number of rotatable bonds is 14. The molecule has 2 amide bonds. The second kappa shape index (κ2) is 20.3. The molecule has 2 atom stereocenters. The van der Waals surface area contributed by atoms with Crippen molar-refractivity contribution in [3.05, 3.63) is 154 Å². The molecule has 2 aromatic heterocycles. The number of aryl methyl sites for hydroxylation is 2. The minimum Gasteiger partial charge on any atom is -0.507 e. The zero-order valence-corrected chi connectivity index (χ0v) is 36.9. The number of anilines is 1. The van der Waals surface area contributed by atoms with E-state index in [0.29, 0.717) is 35.5 Å². The SMILES string of the molecule is C=C(C)C1CCC(C)=CC1c1c(O)cc(CCCCC)cc1OC(=O)N(C(=O)c1ccc(CN2CCN(C)CC2)cc1)c1ccc(C)c(Cc2nccc(-c3cccnc3)n2)c1. The molecule has 3 heterocycles. The van der Waals surface area contributed by atoms with Crippen LogP contribution in [0.25, 0.3) is 11.3 Å². The van der Waals surface area contributed by atoms with Gasteiger partial charge in [0.05, 0.1) is 11.4 Å². The van der Waals surface area contributed by atoms with Gasteiger partial charge in [-0.05, 0) is 136 Å². The van der Waals surface area contributed by atoms with Crippen molar-refractivity contribution >= 4 is 17.7 Å². The normalized spacial score (nSPS) is 17.0. The molecule has 62 heavy (non-hydrogen) atoms. The fourth-order valence-corrected chi connectivity index (χ4v) is 8.62. The Balaban J connectivity index is 1.27. The molecular formula is C52H60N6O4. The number of allylic oxidation sites excluding steroid dienone is 3. The van der Waals surface area contributed by atoms with Crippen LogP contribution in [0.2, 0.25) is 0 Å². The molecule has 1 saturated heterocycles. The summed E-state index contributed by atoms with van der Waals surface area (Å²) in [5.74, 6) is 0.156. The van der Waals surface area contributed by atoms with Crippen molar-refractivity contribution in [2.45, 2.75) is 85.1 Å². The van der Waals surface area contributed by atoms with Gasteiger partial charge in [-0.2, -0.15) is 0 Å². The Labute approximate surface area is 367 Å². The monoisotopic (exact) mass is 832 g/mol. The highest BCUT2D eigenvalue weighted by Crippen LogP contribution is 2.47. The zero-order valence-electron chi connectivity index (χ0n) is 36.9. The standard InChI is InChI=1S/C52H60N6O4/c1-7-8-9-11-39-29-47(59)50(45-28-36(4)13-20-44(45)35(2)3)48(30-39)62-52(61)58(51(60)40-17-15-38(16-18-40)34-57-26-24-56(6)25-27-57)43-19-14-37(5)42(31-43)32-49-54-23-21-46(55-49)41-12-10-22-53-33-41/h10,12,14-19,21-23,28-31,33,44-45,59H,2,7-9,11,13,20,24-27,32,34H2,1,3-6H3. The number of phenolic OH excluding ortho intramolecular Hbond substituents is 1. The molecule has 5 aromatic rings. The molecule has 0 spiro atoms. The second-order valence-electron chi connectivity index (χ2n) is 17.2. The maximum atomic E-state index is 15.0. The van der Waals surface area contributed by atoms with Crippen LogP contribution in [0.5, 0.6) is 11.5 Å². The Morgan fingerprint density at radius 1 is 0.952 bits per heavy atom. The fraction of sp³-hybridized carbons (Fsp3) is 0.365. The zero-order chi connectivity index (χ0) is 43.8. The summed E-state index contributed by atoms with van der Waals surface area (Å²) in [6.45, 7) is 17.3. The van der Waals surface area contributed by atoms with Crippen molar-refractivity contribution in [2.24, 2.45) is 5.92 Å². The van der Waals surface area contributed by atoms with Crippen LogP contribution in [0.1, 0.15) is 103 Å². The molecule has 1 aliphatic heterocycles. The molecule has 1 N–H and O–H groups in total. The number of phenols is 1. The third-order valence-electron chi connectivity index (χ3n) is 12.4. The van der Waals surface area contributed by atoms with Crippen LogP contribution >= 0.6 is 0 Å². The summed E-state index contributed by atoms with van der Waals surface area (Å²) in [6.07, 6.45) is 12.4. The van der Waals surface area contributed by atoms with E-state index in [1.54, 1.807) is 42.9 Å². The molecule has 0 bridgehead atoms. The van der Waals surface area contributed by atoms with Crippen LogP contribution in [0.3, 0.4) is 0 Å². The number of ether oxygens (including phenoxy) is 1. The van der Waals surface area contributed by atoms with Gasteiger partial charge in [0.15, 0.2) is 0 Å². The minimum absolute atomic E-state index is 0.0358. The number of hydrogen-bond acceptors (Lipinski definition) is 9. The van der Waals surface area contributed by atoms with E-state index in [4.69, 9.17) is 9.72 Å². The first kappa shape index (κ1) is 44.1. The largest absolute Gasteiger partial charge is 0.507 e. The predicted molar refractivity (Wildman–Crippen MR) is 247 cm³/mol. The second-order valence-corrected chi connectivity index (χ2v) is 17.2. The maximum Gasteiger partial charge on any atom is 0.426 e. The molecule has 2 unspecified atom stereocenters. The Kier molecular flexibility index (Phi) is 14.4. The summed E-state index contributed by atoms with van der Waals surface area (Å²) in [6, 6.07) is 22.4. The van der Waals surface area contributed by atoms with E-state index >= 15 is 0 Å². The van der Waals surface area contributed by atoms with E-state index < -0.39 is 12.0 Å². The van der Waals surface area contributed by atoms with Gasteiger partial charge in [0, 0.05) is 80.3 Å². The van der Waals surface area contributed by atoms with Crippen LogP contribution in [-0.2, 0) is 19.4 Å². The van der Waals surface area contributed by atoms with Crippen molar-refractivity contribution in [1.29, 1.82) is 0 Å². The lowest BCUT2D eigenvalue weighted by Gasteiger charge is -2.32. The number of likely N-dealkylation sites (N-methyl/N-ethyl adjacent to an activating group) is 1. The number of amides is 2. The quantitative estimate of drug-likeness (QED) is 0.0863. The van der Waals surface area contributed by atoms with Crippen LogP contribution in [0.15, 0.2) is 115 Å². The van der Waals surface area contributed by atoms with Crippen LogP contribution < -0.4 is 9.64 Å². The van der Waals surface area contributed by atoms with E-state index in [2.05, 4.69) is 53.3 Å². The lowest BCUT2D eigenvalue weighted by molar-refractivity contribution is 0.0985. The molecule has 0 radical (unpaired) electrons. The number of nitrogens with zero attached hydrogens (tertiary/aromatic N) is 6. The Hall–Kier alpha value is -5.97. The summed E-state index contributed by atoms with van der Waals surface area (Å²) < 4.78 is 6.44. The van der Waals surface area contributed by atoms with Crippen molar-refractivity contribution in [2.75, 3.05) is 38.1 Å². The fourth-order valence-electron chi connectivity index (χ4n) is 8.62. The number of aromatic nitrogens is 3. The highest BCUT2D eigenvalue weighted by molar-refractivity contribution is 6.19. The van der Waals surface area contributed by atoms with E-state index in [-0.39, 0.29) is 23.3 Å². The molecular weight excluding hydrogens is 773 g/mol. The Morgan fingerprint density at radius 3 is 2.47 bits per heavy atom. The van der Waals surface area contributed by atoms with Gasteiger partial charge in [-0.1, -0.05) is 61.8 Å². The highest BCUT2D eigenvalue weighted by Gasteiger charge is 2.34. The van der Waals surface area contributed by atoms with Crippen molar-refractivity contribution in [1.82, 2.24) is 24.8 Å². The molecule has 1 fully saturated rings. The number of carbonyl (C=O) groups is 2. The summed E-state index contributed by atoms with van der Waals surface area (Å²) in [5, 5.41) is 11.8. The van der Waals surface area contributed by atoms with Gasteiger partial charge in [-0.25, -0.2) is 19.7 Å².